The molecule has 0 spiro atoms. The van der Waals surface area contributed by atoms with Gasteiger partial charge in [-0.15, -0.1) is 0 Å². The lowest BCUT2D eigenvalue weighted by Crippen LogP contribution is -2.07. The van der Waals surface area contributed by atoms with Crippen LogP contribution in [0.3, 0.4) is 0 Å². The first kappa shape index (κ1) is 8.17. The van der Waals surface area contributed by atoms with Gasteiger partial charge in [0.05, 0.1) is 22.6 Å². The number of nitrogens with zero attached hydrogens (tertiary/aromatic N) is 2. The molecule has 0 fully saturated rings. The highest BCUT2D eigenvalue weighted by molar-refractivity contribution is 5.77. The number of benzene rings is 1. The maximum Gasteiger partial charge on any atom is 0.264 e. The zero-order valence-electron chi connectivity index (χ0n) is 7.92. The van der Waals surface area contributed by atoms with E-state index in [1.807, 2.05) is 30.3 Å². The second-order valence-electron chi connectivity index (χ2n) is 3.38. The summed E-state index contributed by atoms with van der Waals surface area (Å²) in [4.78, 5) is 16.4. The summed E-state index contributed by atoms with van der Waals surface area (Å²) in [6.45, 7) is 0. The highest BCUT2D eigenvalue weighted by Crippen LogP contribution is 2.06. The minimum atomic E-state index is -0.0249. The van der Waals surface area contributed by atoms with Crippen molar-refractivity contribution in [2.75, 3.05) is 0 Å². The molecule has 2 heterocycles. The summed E-state index contributed by atoms with van der Waals surface area (Å²) in [6, 6.07) is 11.1. The van der Waals surface area contributed by atoms with Gasteiger partial charge < -0.3 is 0 Å². The van der Waals surface area contributed by atoms with E-state index in [2.05, 4.69) is 4.98 Å². The highest BCUT2D eigenvalue weighted by atomic mass is 16.1. The van der Waals surface area contributed by atoms with E-state index in [1.165, 1.54) is 0 Å². The van der Waals surface area contributed by atoms with Gasteiger partial charge in [-0.05, 0) is 24.3 Å². The van der Waals surface area contributed by atoms with Crippen LogP contribution >= 0.6 is 0 Å². The molecule has 0 saturated heterocycles. The summed E-state index contributed by atoms with van der Waals surface area (Å²) >= 11 is 0. The van der Waals surface area contributed by atoms with Crippen molar-refractivity contribution in [2.45, 2.75) is 0 Å². The lowest BCUT2D eigenvalue weighted by Gasteiger charge is -1.87. The van der Waals surface area contributed by atoms with E-state index in [9.17, 15) is 4.79 Å². The fraction of sp³-hybridized carbons (Fsp3) is 0. The van der Waals surface area contributed by atoms with Crippen LogP contribution in [0.4, 0.5) is 0 Å². The molecule has 3 heteroatoms. The van der Waals surface area contributed by atoms with Gasteiger partial charge in [-0.1, -0.05) is 12.1 Å². The topological polar surface area (TPSA) is 34.4 Å². The first-order valence-corrected chi connectivity index (χ1v) is 4.71. The van der Waals surface area contributed by atoms with E-state index in [0.717, 1.165) is 11.0 Å². The van der Waals surface area contributed by atoms with Crippen LogP contribution in [-0.4, -0.2) is 9.38 Å². The lowest BCUT2D eigenvalue weighted by atomic mass is 10.2. The van der Waals surface area contributed by atoms with Gasteiger partial charge in [-0.3, -0.25) is 14.2 Å². The zero-order valence-corrected chi connectivity index (χ0v) is 7.92. The largest absolute Gasteiger partial charge is 0.282 e. The molecule has 3 aromatic rings. The van der Waals surface area contributed by atoms with Gasteiger partial charge in [0.1, 0.15) is 0 Å². The molecule has 72 valence electrons. The van der Waals surface area contributed by atoms with Crippen molar-refractivity contribution in [1.82, 2.24) is 9.38 Å². The second kappa shape index (κ2) is 2.92. The Hall–Kier alpha value is -2.16. The van der Waals surface area contributed by atoms with E-state index in [0.29, 0.717) is 5.39 Å². The average molecular weight is 196 g/mol. The average Bonchev–Trinajstić information content (AvgIpc) is 2.69. The van der Waals surface area contributed by atoms with Gasteiger partial charge in [0.2, 0.25) is 0 Å². The van der Waals surface area contributed by atoms with Gasteiger partial charge in [-0.2, -0.15) is 0 Å². The van der Waals surface area contributed by atoms with E-state index < -0.39 is 0 Å². The van der Waals surface area contributed by atoms with E-state index in [-0.39, 0.29) is 5.56 Å². The molecule has 15 heavy (non-hydrogen) atoms. The maximum atomic E-state index is 12.1. The molecule has 0 radical (unpaired) electrons. The smallest absolute Gasteiger partial charge is 0.264 e. The molecular formula is C12H8N2O. The van der Waals surface area contributed by atoms with Crippen LogP contribution < -0.4 is 5.56 Å². The van der Waals surface area contributed by atoms with Crippen LogP contribution in [0.2, 0.25) is 0 Å². The third-order valence-corrected chi connectivity index (χ3v) is 2.47. The zero-order chi connectivity index (χ0) is 10.3. The van der Waals surface area contributed by atoms with E-state index >= 15 is 0 Å². The predicted molar refractivity (Wildman–Crippen MR) is 59.0 cm³/mol. The Bertz CT molecular complexity index is 700. The van der Waals surface area contributed by atoms with Crippen LogP contribution in [0.1, 0.15) is 0 Å². The van der Waals surface area contributed by atoms with Crippen molar-refractivity contribution in [3.8, 4) is 0 Å². The number of para-hydroxylation sites is 1. The Kier molecular flexibility index (Phi) is 1.59. The normalized spacial score (nSPS) is 10.9. The highest BCUT2D eigenvalue weighted by Gasteiger charge is 2.00. The molecule has 2 aromatic heterocycles. The number of fused-ring (bicyclic) bond motifs is 2. The second-order valence-corrected chi connectivity index (χ2v) is 3.38. The van der Waals surface area contributed by atoms with Crippen LogP contribution in [0.5, 0.6) is 0 Å². The number of hydrogen-bond acceptors (Lipinski definition) is 2. The summed E-state index contributed by atoms with van der Waals surface area (Å²) in [5.74, 6) is 0. The van der Waals surface area contributed by atoms with Crippen molar-refractivity contribution in [1.29, 1.82) is 0 Å². The number of rotatable bonds is 0. The Balaban J connectivity index is 2.71. The first-order chi connectivity index (χ1) is 7.36. The molecule has 0 bridgehead atoms. The Morgan fingerprint density at radius 3 is 2.87 bits per heavy atom. The molecule has 0 aliphatic rings. The van der Waals surface area contributed by atoms with Gasteiger partial charge in [0.15, 0.2) is 0 Å². The monoisotopic (exact) mass is 196 g/mol. The Labute approximate surface area is 85.6 Å². The van der Waals surface area contributed by atoms with Crippen molar-refractivity contribution in [2.24, 2.45) is 0 Å². The van der Waals surface area contributed by atoms with Crippen molar-refractivity contribution in [3.63, 3.8) is 0 Å². The van der Waals surface area contributed by atoms with Crippen molar-refractivity contribution < 1.29 is 0 Å². The number of aromatic nitrogens is 2. The molecule has 0 aliphatic heterocycles. The van der Waals surface area contributed by atoms with E-state index in [1.54, 1.807) is 22.9 Å². The fourth-order valence-corrected chi connectivity index (χ4v) is 1.72. The summed E-state index contributed by atoms with van der Waals surface area (Å²) < 4.78 is 1.61. The van der Waals surface area contributed by atoms with Crippen molar-refractivity contribution >= 4 is 16.4 Å². The third kappa shape index (κ3) is 1.13. The van der Waals surface area contributed by atoms with Crippen LogP contribution in [0.25, 0.3) is 16.4 Å². The molecule has 0 N–H and O–H groups in total. The van der Waals surface area contributed by atoms with Gasteiger partial charge in [-0.25, -0.2) is 0 Å². The third-order valence-electron chi connectivity index (χ3n) is 2.47. The maximum absolute atomic E-state index is 12.1. The summed E-state index contributed by atoms with van der Waals surface area (Å²) in [5.41, 5.74) is 1.52. The van der Waals surface area contributed by atoms with Crippen LogP contribution in [0.15, 0.2) is 53.6 Å². The van der Waals surface area contributed by atoms with Crippen molar-refractivity contribution in [3.05, 3.63) is 59.1 Å². The summed E-state index contributed by atoms with van der Waals surface area (Å²) in [5, 5.41) is 0.642. The Morgan fingerprint density at radius 2 is 1.93 bits per heavy atom. The molecule has 0 saturated carbocycles. The molecule has 0 atom stereocenters. The molecule has 0 unspecified atom stereocenters. The fourth-order valence-electron chi connectivity index (χ4n) is 1.72. The van der Waals surface area contributed by atoms with Crippen LogP contribution in [-0.2, 0) is 0 Å². The standard InChI is InChI=1S/C12H8N2O/c15-12-10-5-1-2-6-11(10)13-8-9-4-3-7-14(9)12/h1-8H. The predicted octanol–water partition coefficient (Wildman–Crippen LogP) is 1.85. The number of hydrogen-bond donors (Lipinski definition) is 0. The molecule has 0 aliphatic carbocycles. The molecule has 0 amide bonds. The quantitative estimate of drug-likeness (QED) is 0.550. The molecule has 3 nitrogen and oxygen atoms in total. The van der Waals surface area contributed by atoms with Crippen LogP contribution in [0, 0.1) is 0 Å². The SMILES string of the molecule is O=c1c2ccccc2ncc2cccn12. The minimum Gasteiger partial charge on any atom is -0.282 e. The first-order valence-electron chi connectivity index (χ1n) is 4.71. The Morgan fingerprint density at radius 1 is 1.07 bits per heavy atom. The van der Waals surface area contributed by atoms with Gasteiger partial charge >= 0.3 is 0 Å². The summed E-state index contributed by atoms with van der Waals surface area (Å²) in [7, 11) is 0. The molecule has 3 rings (SSSR count). The van der Waals surface area contributed by atoms with Gasteiger partial charge in [0, 0.05) is 6.20 Å². The van der Waals surface area contributed by atoms with E-state index in [4.69, 9.17) is 0 Å². The summed E-state index contributed by atoms with van der Waals surface area (Å²) in [6.07, 6.45) is 3.47. The van der Waals surface area contributed by atoms with Gasteiger partial charge in [0.25, 0.3) is 5.56 Å². The minimum absolute atomic E-state index is 0.0249. The molecule has 1 aromatic carbocycles. The lowest BCUT2D eigenvalue weighted by molar-refractivity contribution is 1.15. The molecular weight excluding hydrogens is 188 g/mol.